The lowest BCUT2D eigenvalue weighted by molar-refractivity contribution is 0.0701. The highest BCUT2D eigenvalue weighted by molar-refractivity contribution is 7.20. The first-order valence-electron chi connectivity index (χ1n) is 8.49. The molecule has 3 aromatic heterocycles. The van der Waals surface area contributed by atoms with Crippen molar-refractivity contribution < 1.29 is 9.90 Å². The number of aromatic carboxylic acids is 1. The van der Waals surface area contributed by atoms with Gasteiger partial charge in [0.2, 0.25) is 0 Å². The maximum atomic E-state index is 12.7. The zero-order valence-corrected chi connectivity index (χ0v) is 15.7. The third-order valence-electron chi connectivity index (χ3n) is 4.33. The minimum absolute atomic E-state index is 0.127. The number of fused-ring (bicyclic) bond motifs is 1. The van der Waals surface area contributed by atoms with E-state index in [1.807, 2.05) is 48.5 Å². The second-order valence-electron chi connectivity index (χ2n) is 6.17. The summed E-state index contributed by atoms with van der Waals surface area (Å²) in [7, 11) is 0. The van der Waals surface area contributed by atoms with Crippen molar-refractivity contribution in [1.29, 1.82) is 0 Å². The predicted molar refractivity (Wildman–Crippen MR) is 110 cm³/mol. The molecule has 138 valence electrons. The summed E-state index contributed by atoms with van der Waals surface area (Å²) in [6.45, 7) is 1.63. The van der Waals surface area contributed by atoms with Gasteiger partial charge in [0, 0.05) is 18.0 Å². The molecule has 0 atom stereocenters. The van der Waals surface area contributed by atoms with Crippen LogP contribution in [0, 0.1) is 6.92 Å². The van der Waals surface area contributed by atoms with Crippen molar-refractivity contribution in [2.45, 2.75) is 6.92 Å². The third-order valence-corrected chi connectivity index (χ3v) is 5.50. The number of nitrogens with one attached hydrogen (secondary N) is 1. The van der Waals surface area contributed by atoms with E-state index in [0.29, 0.717) is 21.6 Å². The largest absolute Gasteiger partial charge is 0.477 e. The van der Waals surface area contributed by atoms with Gasteiger partial charge in [0.1, 0.15) is 15.5 Å². The van der Waals surface area contributed by atoms with E-state index in [1.165, 1.54) is 0 Å². The number of aromatic nitrogens is 3. The average molecular weight is 389 g/mol. The first-order chi connectivity index (χ1) is 13.5. The number of pyridine rings is 1. The zero-order valence-electron chi connectivity index (χ0n) is 14.8. The Morgan fingerprint density at radius 3 is 2.64 bits per heavy atom. The monoisotopic (exact) mass is 389 g/mol. The molecule has 0 unspecified atom stereocenters. The number of carboxylic acid groups (broad SMARTS) is 1. The Morgan fingerprint density at radius 2 is 1.96 bits per heavy atom. The molecule has 0 saturated heterocycles. The Balaban J connectivity index is 1.97. The molecule has 6 nitrogen and oxygen atoms in total. The molecule has 0 spiro atoms. The molecule has 0 aliphatic rings. The molecule has 0 saturated carbocycles. The molecule has 4 rings (SSSR count). The predicted octanol–water partition coefficient (Wildman–Crippen LogP) is 3.98. The molecular formula is C21H15N3O3S. The van der Waals surface area contributed by atoms with Gasteiger partial charge in [-0.25, -0.2) is 9.78 Å². The number of thiophene rings is 1. The lowest BCUT2D eigenvalue weighted by Crippen LogP contribution is -2.11. The molecule has 0 bridgehead atoms. The first kappa shape index (κ1) is 17.8. The standard InChI is InChI=1S/C21H15N3O3S/c1-12-16-19(25)23-18(24-20(16)28-17(12)21(26)27)15(14-7-3-2-4-8-14)10-13-6-5-9-22-11-13/h2-11H,1H3,(H,26,27)(H,23,24,25)/b15-10-. The Hall–Kier alpha value is -3.58. The number of hydrogen-bond acceptors (Lipinski definition) is 5. The number of benzene rings is 1. The molecule has 2 N–H and O–H groups in total. The van der Waals surface area contributed by atoms with Gasteiger partial charge in [0.15, 0.2) is 0 Å². The van der Waals surface area contributed by atoms with Gasteiger partial charge >= 0.3 is 5.97 Å². The minimum Gasteiger partial charge on any atom is -0.477 e. The van der Waals surface area contributed by atoms with Crippen molar-refractivity contribution in [2.24, 2.45) is 0 Å². The summed E-state index contributed by atoms with van der Waals surface area (Å²) in [4.78, 5) is 36.2. The van der Waals surface area contributed by atoms with Crippen LogP contribution in [-0.2, 0) is 0 Å². The molecular weight excluding hydrogens is 374 g/mol. The van der Waals surface area contributed by atoms with Crippen molar-refractivity contribution >= 4 is 39.2 Å². The van der Waals surface area contributed by atoms with Crippen LogP contribution in [0.25, 0.3) is 21.9 Å². The molecule has 4 aromatic rings. The second kappa shape index (κ2) is 7.21. The van der Waals surface area contributed by atoms with Gasteiger partial charge < -0.3 is 10.1 Å². The number of aromatic amines is 1. The summed E-state index contributed by atoms with van der Waals surface area (Å²) >= 11 is 1.01. The number of hydrogen-bond donors (Lipinski definition) is 2. The van der Waals surface area contributed by atoms with E-state index in [0.717, 1.165) is 28.0 Å². The van der Waals surface area contributed by atoms with Crippen LogP contribution in [0.15, 0.2) is 59.7 Å². The fourth-order valence-electron chi connectivity index (χ4n) is 3.01. The van der Waals surface area contributed by atoms with Gasteiger partial charge in [-0.05, 0) is 35.8 Å². The van der Waals surface area contributed by atoms with Gasteiger partial charge in [0.05, 0.1) is 5.39 Å². The smallest absolute Gasteiger partial charge is 0.346 e. The van der Waals surface area contributed by atoms with Crippen molar-refractivity contribution in [3.8, 4) is 0 Å². The van der Waals surface area contributed by atoms with Crippen LogP contribution >= 0.6 is 11.3 Å². The van der Waals surface area contributed by atoms with Gasteiger partial charge in [-0.2, -0.15) is 0 Å². The third kappa shape index (κ3) is 3.23. The van der Waals surface area contributed by atoms with Crippen molar-refractivity contribution in [1.82, 2.24) is 15.0 Å². The maximum absolute atomic E-state index is 12.7. The summed E-state index contributed by atoms with van der Waals surface area (Å²) in [6.07, 6.45) is 5.30. The van der Waals surface area contributed by atoms with Crippen LogP contribution in [0.4, 0.5) is 0 Å². The van der Waals surface area contributed by atoms with Crippen LogP contribution in [0.5, 0.6) is 0 Å². The zero-order chi connectivity index (χ0) is 19.7. The molecule has 28 heavy (non-hydrogen) atoms. The van der Waals surface area contributed by atoms with Crippen molar-refractivity contribution in [3.05, 3.63) is 92.6 Å². The fraction of sp³-hybridized carbons (Fsp3) is 0.0476. The van der Waals surface area contributed by atoms with E-state index in [2.05, 4.69) is 15.0 Å². The highest BCUT2D eigenvalue weighted by atomic mass is 32.1. The second-order valence-corrected chi connectivity index (χ2v) is 7.17. The first-order valence-corrected chi connectivity index (χ1v) is 9.30. The molecule has 0 radical (unpaired) electrons. The molecule has 0 aliphatic carbocycles. The van der Waals surface area contributed by atoms with Crippen molar-refractivity contribution in [2.75, 3.05) is 0 Å². The highest BCUT2D eigenvalue weighted by Gasteiger charge is 2.19. The van der Waals surface area contributed by atoms with Crippen LogP contribution in [0.2, 0.25) is 0 Å². The molecule has 0 amide bonds. The van der Waals surface area contributed by atoms with Gasteiger partial charge in [-0.3, -0.25) is 9.78 Å². The normalized spacial score (nSPS) is 11.7. The summed E-state index contributed by atoms with van der Waals surface area (Å²) in [5.41, 5.74) is 2.54. The number of H-pyrrole nitrogens is 1. The van der Waals surface area contributed by atoms with Gasteiger partial charge in [-0.1, -0.05) is 36.4 Å². The van der Waals surface area contributed by atoms with E-state index >= 15 is 0 Å². The van der Waals surface area contributed by atoms with E-state index < -0.39 is 5.97 Å². The van der Waals surface area contributed by atoms with E-state index in [-0.39, 0.29) is 10.4 Å². The summed E-state index contributed by atoms with van der Waals surface area (Å²) in [5, 5.41) is 9.68. The van der Waals surface area contributed by atoms with E-state index in [1.54, 1.807) is 19.3 Å². The molecule has 3 heterocycles. The van der Waals surface area contributed by atoms with Crippen molar-refractivity contribution in [3.63, 3.8) is 0 Å². The fourth-order valence-corrected chi connectivity index (χ4v) is 4.03. The molecule has 0 fully saturated rings. The Labute approximate surface area is 163 Å². The summed E-state index contributed by atoms with van der Waals surface area (Å²) in [6, 6.07) is 13.3. The number of nitrogens with zero attached hydrogens (tertiary/aromatic N) is 2. The SMILES string of the molecule is Cc1c(C(=O)O)sc2nc(/C(=C\c3cccnc3)c3ccccc3)[nH]c(=O)c12. The number of aryl methyl sites for hydroxylation is 1. The van der Waals surface area contributed by atoms with Crippen LogP contribution in [0.1, 0.15) is 32.2 Å². The Morgan fingerprint density at radius 1 is 1.18 bits per heavy atom. The van der Waals surface area contributed by atoms with Gasteiger partial charge in [0.25, 0.3) is 5.56 Å². The lowest BCUT2D eigenvalue weighted by Gasteiger charge is -2.08. The van der Waals surface area contributed by atoms with E-state index in [4.69, 9.17) is 0 Å². The van der Waals surface area contributed by atoms with Crippen LogP contribution in [-0.4, -0.2) is 26.0 Å². The average Bonchev–Trinajstić information content (AvgIpc) is 3.05. The molecule has 7 heteroatoms. The number of rotatable bonds is 4. The van der Waals surface area contributed by atoms with E-state index in [9.17, 15) is 14.7 Å². The van der Waals surface area contributed by atoms with Crippen LogP contribution in [0.3, 0.4) is 0 Å². The Kier molecular flexibility index (Phi) is 4.58. The lowest BCUT2D eigenvalue weighted by atomic mass is 10.0. The molecule has 1 aromatic carbocycles. The minimum atomic E-state index is -1.06. The Bertz CT molecular complexity index is 1260. The summed E-state index contributed by atoms with van der Waals surface area (Å²) < 4.78 is 0. The number of carboxylic acids is 1. The number of carbonyl (C=O) groups is 1. The van der Waals surface area contributed by atoms with Crippen LogP contribution < -0.4 is 5.56 Å². The van der Waals surface area contributed by atoms with Gasteiger partial charge in [-0.15, -0.1) is 11.3 Å². The topological polar surface area (TPSA) is 95.9 Å². The molecule has 0 aliphatic heterocycles. The summed E-state index contributed by atoms with van der Waals surface area (Å²) in [5.74, 6) is -0.679. The quantitative estimate of drug-likeness (QED) is 0.550. The maximum Gasteiger partial charge on any atom is 0.346 e. The highest BCUT2D eigenvalue weighted by Crippen LogP contribution is 2.29.